The summed E-state index contributed by atoms with van der Waals surface area (Å²) in [4.78, 5) is 11.3. The number of hydrogen-bond acceptors (Lipinski definition) is 5. The fourth-order valence-electron chi connectivity index (χ4n) is 3.30. The van der Waals surface area contributed by atoms with Crippen molar-refractivity contribution in [1.82, 2.24) is 29.9 Å². The van der Waals surface area contributed by atoms with Gasteiger partial charge in [-0.1, -0.05) is 19.9 Å². The van der Waals surface area contributed by atoms with Crippen LogP contribution >= 0.6 is 11.3 Å². The van der Waals surface area contributed by atoms with Gasteiger partial charge in [0, 0.05) is 56.6 Å². The van der Waals surface area contributed by atoms with E-state index < -0.39 is 0 Å². The van der Waals surface area contributed by atoms with Crippen molar-refractivity contribution in [3.8, 4) is 0 Å². The second-order valence-electron chi connectivity index (χ2n) is 7.30. The third-order valence-corrected chi connectivity index (χ3v) is 6.09. The molecule has 154 valence electrons. The topological polar surface area (TPSA) is 61.6 Å². The van der Waals surface area contributed by atoms with Gasteiger partial charge in [0.05, 0.1) is 6.54 Å². The molecule has 1 aliphatic heterocycles. The van der Waals surface area contributed by atoms with Gasteiger partial charge < -0.3 is 14.8 Å². The maximum absolute atomic E-state index is 4.92. The molecule has 0 amide bonds. The van der Waals surface area contributed by atoms with Crippen LogP contribution in [0.2, 0.25) is 0 Å². The monoisotopic (exact) mass is 403 g/mol. The lowest BCUT2D eigenvalue weighted by Gasteiger charge is -2.37. The second kappa shape index (κ2) is 10.6. The molecule has 0 aromatic carbocycles. The van der Waals surface area contributed by atoms with Gasteiger partial charge >= 0.3 is 0 Å². The Labute approximate surface area is 172 Å². The summed E-state index contributed by atoms with van der Waals surface area (Å²) in [5.41, 5.74) is 0. The van der Waals surface area contributed by atoms with E-state index in [1.807, 2.05) is 11.3 Å². The number of nitrogens with zero attached hydrogens (tertiary/aromatic N) is 6. The first-order valence-electron chi connectivity index (χ1n) is 10.4. The van der Waals surface area contributed by atoms with Crippen LogP contribution in [-0.2, 0) is 19.5 Å². The summed E-state index contributed by atoms with van der Waals surface area (Å²) in [7, 11) is 0. The molecule has 0 aliphatic carbocycles. The van der Waals surface area contributed by atoms with Crippen molar-refractivity contribution in [2.45, 2.75) is 52.7 Å². The molecule has 0 bridgehead atoms. The quantitative estimate of drug-likeness (QED) is 0.542. The number of thiophene rings is 1. The lowest BCUT2D eigenvalue weighted by atomic mass is 10.2. The first-order chi connectivity index (χ1) is 13.7. The van der Waals surface area contributed by atoms with Gasteiger partial charge in [-0.3, -0.25) is 9.89 Å². The zero-order valence-electron chi connectivity index (χ0n) is 17.3. The highest BCUT2D eigenvalue weighted by atomic mass is 32.1. The SMILES string of the molecule is CCc1nncn1CCN=C(NC(C)CC)N1CCN(Cc2cccs2)CC1. The van der Waals surface area contributed by atoms with Crippen LogP contribution in [0.5, 0.6) is 0 Å². The van der Waals surface area contributed by atoms with E-state index in [0.29, 0.717) is 6.04 Å². The Balaban J connectivity index is 1.56. The molecule has 1 saturated heterocycles. The lowest BCUT2D eigenvalue weighted by Crippen LogP contribution is -2.53. The number of piperazine rings is 1. The van der Waals surface area contributed by atoms with Crippen LogP contribution in [0.4, 0.5) is 0 Å². The summed E-state index contributed by atoms with van der Waals surface area (Å²) in [6.07, 6.45) is 3.79. The van der Waals surface area contributed by atoms with Gasteiger partial charge in [0.2, 0.25) is 0 Å². The summed E-state index contributed by atoms with van der Waals surface area (Å²) in [5, 5.41) is 14.0. The van der Waals surface area contributed by atoms with Gasteiger partial charge in [-0.2, -0.15) is 0 Å². The summed E-state index contributed by atoms with van der Waals surface area (Å²) in [6, 6.07) is 4.78. The maximum Gasteiger partial charge on any atom is 0.194 e. The van der Waals surface area contributed by atoms with Crippen LogP contribution in [-0.4, -0.2) is 69.3 Å². The standard InChI is InChI=1S/C20H33N7S/c1-4-17(3)23-20(21-8-9-27-16-22-24-19(27)5-2)26-12-10-25(11-13-26)15-18-7-6-14-28-18/h6-7,14,16-17H,4-5,8-13,15H2,1-3H3,(H,21,23). The number of nitrogens with one attached hydrogen (secondary N) is 1. The molecule has 2 aromatic heterocycles. The summed E-state index contributed by atoms with van der Waals surface area (Å²) >= 11 is 1.84. The van der Waals surface area contributed by atoms with Gasteiger partial charge in [0.1, 0.15) is 12.2 Å². The van der Waals surface area contributed by atoms with Crippen molar-refractivity contribution in [2.75, 3.05) is 32.7 Å². The molecule has 3 rings (SSSR count). The first-order valence-corrected chi connectivity index (χ1v) is 11.2. The van der Waals surface area contributed by atoms with Crippen molar-refractivity contribution in [3.63, 3.8) is 0 Å². The van der Waals surface area contributed by atoms with Crippen LogP contribution in [0.15, 0.2) is 28.8 Å². The molecule has 1 fully saturated rings. The van der Waals surface area contributed by atoms with E-state index in [2.05, 4.69) is 68.2 Å². The fraction of sp³-hybridized carbons (Fsp3) is 0.650. The molecule has 8 heteroatoms. The molecular formula is C20H33N7S. The highest BCUT2D eigenvalue weighted by Gasteiger charge is 2.21. The van der Waals surface area contributed by atoms with Gasteiger partial charge in [0.15, 0.2) is 5.96 Å². The predicted octanol–water partition coefficient (Wildman–Crippen LogP) is 2.46. The Morgan fingerprint density at radius 1 is 1.29 bits per heavy atom. The molecule has 1 N–H and O–H groups in total. The molecule has 7 nitrogen and oxygen atoms in total. The van der Waals surface area contributed by atoms with Crippen molar-refractivity contribution < 1.29 is 0 Å². The lowest BCUT2D eigenvalue weighted by molar-refractivity contribution is 0.173. The molecule has 2 aromatic rings. The third-order valence-electron chi connectivity index (χ3n) is 5.23. The molecular weight excluding hydrogens is 370 g/mol. The Bertz CT molecular complexity index is 717. The van der Waals surface area contributed by atoms with Crippen molar-refractivity contribution >= 4 is 17.3 Å². The molecule has 1 aliphatic rings. The average Bonchev–Trinajstić information content (AvgIpc) is 3.39. The largest absolute Gasteiger partial charge is 0.354 e. The molecule has 0 spiro atoms. The van der Waals surface area contributed by atoms with Crippen LogP contribution in [0.25, 0.3) is 0 Å². The van der Waals surface area contributed by atoms with E-state index in [0.717, 1.165) is 70.4 Å². The van der Waals surface area contributed by atoms with Gasteiger partial charge in [-0.05, 0) is 24.8 Å². The first kappa shape index (κ1) is 20.8. The maximum atomic E-state index is 4.92. The van der Waals surface area contributed by atoms with Gasteiger partial charge in [0.25, 0.3) is 0 Å². The molecule has 1 atom stereocenters. The summed E-state index contributed by atoms with van der Waals surface area (Å²) < 4.78 is 2.10. The summed E-state index contributed by atoms with van der Waals surface area (Å²) in [5.74, 6) is 2.06. The Hall–Kier alpha value is -1.93. The average molecular weight is 404 g/mol. The zero-order chi connectivity index (χ0) is 19.8. The molecule has 0 radical (unpaired) electrons. The fourth-order valence-corrected chi connectivity index (χ4v) is 4.05. The van der Waals surface area contributed by atoms with Crippen LogP contribution in [0.3, 0.4) is 0 Å². The van der Waals surface area contributed by atoms with Gasteiger partial charge in [-0.15, -0.1) is 21.5 Å². The van der Waals surface area contributed by atoms with E-state index in [9.17, 15) is 0 Å². The highest BCUT2D eigenvalue weighted by Crippen LogP contribution is 2.13. The molecule has 28 heavy (non-hydrogen) atoms. The number of aromatic nitrogens is 3. The normalized spacial score (nSPS) is 17.1. The Kier molecular flexibility index (Phi) is 7.85. The molecule has 0 saturated carbocycles. The van der Waals surface area contributed by atoms with Crippen molar-refractivity contribution in [2.24, 2.45) is 4.99 Å². The van der Waals surface area contributed by atoms with E-state index in [1.165, 1.54) is 4.88 Å². The smallest absolute Gasteiger partial charge is 0.194 e. The number of hydrogen-bond donors (Lipinski definition) is 1. The molecule has 1 unspecified atom stereocenters. The van der Waals surface area contributed by atoms with E-state index in [-0.39, 0.29) is 0 Å². The Morgan fingerprint density at radius 2 is 2.11 bits per heavy atom. The highest BCUT2D eigenvalue weighted by molar-refractivity contribution is 7.09. The zero-order valence-corrected chi connectivity index (χ0v) is 18.2. The van der Waals surface area contributed by atoms with Crippen LogP contribution in [0.1, 0.15) is 37.9 Å². The minimum Gasteiger partial charge on any atom is -0.354 e. The second-order valence-corrected chi connectivity index (χ2v) is 8.33. The van der Waals surface area contributed by atoms with Crippen molar-refractivity contribution in [1.29, 1.82) is 0 Å². The van der Waals surface area contributed by atoms with E-state index >= 15 is 0 Å². The van der Waals surface area contributed by atoms with Gasteiger partial charge in [-0.25, -0.2) is 0 Å². The molecule has 3 heterocycles. The van der Waals surface area contributed by atoms with Crippen molar-refractivity contribution in [3.05, 3.63) is 34.5 Å². The minimum absolute atomic E-state index is 0.420. The number of guanidine groups is 1. The summed E-state index contributed by atoms with van der Waals surface area (Å²) in [6.45, 7) is 13.3. The number of aryl methyl sites for hydroxylation is 1. The number of rotatable bonds is 8. The number of aliphatic imine (C=N–C) groups is 1. The van der Waals surface area contributed by atoms with Crippen LogP contribution < -0.4 is 5.32 Å². The Morgan fingerprint density at radius 3 is 2.79 bits per heavy atom. The minimum atomic E-state index is 0.420. The third kappa shape index (κ3) is 5.78. The predicted molar refractivity (Wildman–Crippen MR) is 116 cm³/mol. The van der Waals surface area contributed by atoms with E-state index in [1.54, 1.807) is 6.33 Å². The van der Waals surface area contributed by atoms with Crippen LogP contribution in [0, 0.1) is 0 Å². The van der Waals surface area contributed by atoms with E-state index in [4.69, 9.17) is 4.99 Å².